The molecule has 0 radical (unpaired) electrons. The van der Waals surface area contributed by atoms with Crippen molar-refractivity contribution in [3.63, 3.8) is 0 Å². The highest BCUT2D eigenvalue weighted by Crippen LogP contribution is 2.26. The Balaban J connectivity index is 2.47. The maximum Gasteiger partial charge on any atom is 0.264 e. The topological polar surface area (TPSA) is 37.4 Å². The summed E-state index contributed by atoms with van der Waals surface area (Å²) < 4.78 is 27.5. The smallest absolute Gasteiger partial charge is 0.264 e. The Labute approximate surface area is 132 Å². The molecule has 0 fully saturated rings. The summed E-state index contributed by atoms with van der Waals surface area (Å²) in [5, 5.41) is 0.509. The van der Waals surface area contributed by atoms with Crippen LogP contribution in [0.25, 0.3) is 0 Å². The first-order valence-electron chi connectivity index (χ1n) is 5.99. The molecule has 0 N–H and O–H groups in total. The van der Waals surface area contributed by atoms with Gasteiger partial charge in [-0.05, 0) is 49.4 Å². The zero-order valence-corrected chi connectivity index (χ0v) is 13.9. The largest absolute Gasteiger partial charge is 0.267 e. The molecule has 0 bridgehead atoms. The van der Waals surface area contributed by atoms with Gasteiger partial charge in [-0.25, -0.2) is 8.42 Å². The Bertz CT molecular complexity index is 701. The van der Waals surface area contributed by atoms with Crippen LogP contribution in [-0.4, -0.2) is 15.0 Å². The number of nitrogens with zero attached hydrogens (tertiary/aromatic N) is 1. The predicted octanol–water partition coefficient (Wildman–Crippen LogP) is 4.32. The molecule has 0 aliphatic rings. The summed E-state index contributed by atoms with van der Waals surface area (Å²) >= 11 is 9.15. The minimum absolute atomic E-state index is 0.226. The van der Waals surface area contributed by atoms with E-state index in [0.717, 1.165) is 4.47 Å². The van der Waals surface area contributed by atoms with Gasteiger partial charge in [0, 0.05) is 16.0 Å². The zero-order chi connectivity index (χ0) is 14.8. The van der Waals surface area contributed by atoms with Gasteiger partial charge >= 0.3 is 0 Å². The molecule has 0 aliphatic carbocycles. The molecule has 2 aromatic carbocycles. The van der Waals surface area contributed by atoms with Crippen LogP contribution < -0.4 is 4.31 Å². The summed E-state index contributed by atoms with van der Waals surface area (Å²) in [7, 11) is -3.58. The Morgan fingerprint density at radius 1 is 1.15 bits per heavy atom. The molecule has 0 unspecified atom stereocenters. The van der Waals surface area contributed by atoms with E-state index < -0.39 is 10.0 Å². The first-order valence-corrected chi connectivity index (χ1v) is 8.60. The van der Waals surface area contributed by atoms with Crippen molar-refractivity contribution in [2.24, 2.45) is 0 Å². The average Bonchev–Trinajstić information content (AvgIpc) is 2.40. The van der Waals surface area contributed by atoms with Crippen molar-refractivity contribution in [2.75, 3.05) is 10.8 Å². The quantitative estimate of drug-likeness (QED) is 0.799. The Hall–Kier alpha value is -1.04. The van der Waals surface area contributed by atoms with Crippen molar-refractivity contribution >= 4 is 43.2 Å². The molecule has 2 aromatic rings. The Kier molecular flexibility index (Phi) is 4.73. The third-order valence-corrected chi connectivity index (χ3v) is 5.45. The summed E-state index contributed by atoms with van der Waals surface area (Å²) in [4.78, 5) is 0.226. The van der Waals surface area contributed by atoms with Gasteiger partial charge in [0.25, 0.3) is 10.0 Å². The first-order chi connectivity index (χ1) is 9.45. The molecule has 6 heteroatoms. The van der Waals surface area contributed by atoms with Gasteiger partial charge in [-0.15, -0.1) is 0 Å². The van der Waals surface area contributed by atoms with Gasteiger partial charge in [-0.3, -0.25) is 4.31 Å². The van der Waals surface area contributed by atoms with Crippen molar-refractivity contribution in [2.45, 2.75) is 11.8 Å². The lowest BCUT2D eigenvalue weighted by atomic mass is 10.3. The van der Waals surface area contributed by atoms with E-state index in [2.05, 4.69) is 15.9 Å². The van der Waals surface area contributed by atoms with Gasteiger partial charge in [0.15, 0.2) is 0 Å². The highest BCUT2D eigenvalue weighted by molar-refractivity contribution is 9.10. The number of hydrogen-bond acceptors (Lipinski definition) is 2. The van der Waals surface area contributed by atoms with E-state index in [1.54, 1.807) is 37.3 Å². The second kappa shape index (κ2) is 6.16. The van der Waals surface area contributed by atoms with Crippen molar-refractivity contribution in [1.29, 1.82) is 0 Å². The Morgan fingerprint density at radius 3 is 2.35 bits per heavy atom. The molecule has 0 atom stereocenters. The second-order valence-electron chi connectivity index (χ2n) is 4.10. The lowest BCUT2D eigenvalue weighted by molar-refractivity contribution is 0.592. The average molecular weight is 375 g/mol. The van der Waals surface area contributed by atoms with Crippen LogP contribution in [0, 0.1) is 0 Å². The van der Waals surface area contributed by atoms with E-state index >= 15 is 0 Å². The number of halogens is 2. The lowest BCUT2D eigenvalue weighted by Crippen LogP contribution is -2.30. The third kappa shape index (κ3) is 3.16. The molecule has 0 amide bonds. The van der Waals surface area contributed by atoms with Crippen LogP contribution in [-0.2, 0) is 10.0 Å². The highest BCUT2D eigenvalue weighted by atomic mass is 79.9. The fourth-order valence-corrected chi connectivity index (χ4v) is 3.84. The number of sulfonamides is 1. The molecular weight excluding hydrogens is 362 g/mol. The van der Waals surface area contributed by atoms with Gasteiger partial charge in [0.2, 0.25) is 0 Å². The minimum Gasteiger partial charge on any atom is -0.267 e. The summed E-state index contributed by atoms with van der Waals surface area (Å²) in [6.45, 7) is 2.15. The van der Waals surface area contributed by atoms with E-state index in [1.807, 2.05) is 6.07 Å². The third-order valence-electron chi connectivity index (χ3n) is 2.79. The van der Waals surface area contributed by atoms with Crippen LogP contribution in [0.15, 0.2) is 57.9 Å². The Morgan fingerprint density at radius 2 is 1.80 bits per heavy atom. The number of rotatable bonds is 4. The summed E-state index contributed by atoms with van der Waals surface area (Å²) in [6.07, 6.45) is 0. The maximum atomic E-state index is 12.7. The second-order valence-corrected chi connectivity index (χ2v) is 7.32. The molecule has 0 spiro atoms. The van der Waals surface area contributed by atoms with Gasteiger partial charge in [0.05, 0.1) is 10.6 Å². The highest BCUT2D eigenvalue weighted by Gasteiger charge is 2.23. The fraction of sp³-hybridized carbons (Fsp3) is 0.143. The van der Waals surface area contributed by atoms with Crippen molar-refractivity contribution < 1.29 is 8.42 Å². The van der Waals surface area contributed by atoms with E-state index in [0.29, 0.717) is 17.3 Å². The predicted molar refractivity (Wildman–Crippen MR) is 85.8 cm³/mol. The van der Waals surface area contributed by atoms with Gasteiger partial charge in [-0.1, -0.05) is 33.6 Å². The molecule has 0 aliphatic heterocycles. The molecule has 20 heavy (non-hydrogen) atoms. The summed E-state index contributed by atoms with van der Waals surface area (Å²) in [6, 6.07) is 13.4. The van der Waals surface area contributed by atoms with Crippen LogP contribution in [0.1, 0.15) is 6.92 Å². The van der Waals surface area contributed by atoms with Crippen molar-refractivity contribution in [1.82, 2.24) is 0 Å². The van der Waals surface area contributed by atoms with Gasteiger partial charge in [0.1, 0.15) is 0 Å². The van der Waals surface area contributed by atoms with Crippen molar-refractivity contribution in [3.8, 4) is 0 Å². The molecule has 3 nitrogen and oxygen atoms in total. The lowest BCUT2D eigenvalue weighted by Gasteiger charge is -2.23. The zero-order valence-electron chi connectivity index (χ0n) is 10.8. The number of anilines is 1. The molecule has 0 saturated carbocycles. The monoisotopic (exact) mass is 373 g/mol. The number of hydrogen-bond donors (Lipinski definition) is 0. The van der Waals surface area contributed by atoms with Crippen LogP contribution in [0.2, 0.25) is 5.02 Å². The molecule has 0 aromatic heterocycles. The first kappa shape index (κ1) is 15.4. The van der Waals surface area contributed by atoms with Gasteiger partial charge < -0.3 is 0 Å². The van der Waals surface area contributed by atoms with Crippen LogP contribution >= 0.6 is 27.5 Å². The standard InChI is InChI=1S/C14H13BrClNO2S/c1-2-17(13-5-3-4-11(15)10-13)20(18,19)14-8-6-12(16)7-9-14/h3-10H,2H2,1H3. The summed E-state index contributed by atoms with van der Waals surface area (Å²) in [5.74, 6) is 0. The molecule has 0 heterocycles. The van der Waals surface area contributed by atoms with E-state index in [-0.39, 0.29) is 4.90 Å². The van der Waals surface area contributed by atoms with E-state index in [4.69, 9.17) is 11.6 Å². The van der Waals surface area contributed by atoms with Crippen LogP contribution in [0.3, 0.4) is 0 Å². The number of benzene rings is 2. The van der Waals surface area contributed by atoms with Crippen molar-refractivity contribution in [3.05, 3.63) is 58.0 Å². The SMILES string of the molecule is CCN(c1cccc(Br)c1)S(=O)(=O)c1ccc(Cl)cc1. The molecular formula is C14H13BrClNO2S. The summed E-state index contributed by atoms with van der Waals surface area (Å²) in [5.41, 5.74) is 0.622. The molecule has 0 saturated heterocycles. The van der Waals surface area contributed by atoms with Crippen LogP contribution in [0.5, 0.6) is 0 Å². The molecule has 106 valence electrons. The minimum atomic E-state index is -3.58. The fourth-order valence-electron chi connectivity index (χ4n) is 1.86. The van der Waals surface area contributed by atoms with Gasteiger partial charge in [-0.2, -0.15) is 0 Å². The molecule has 2 rings (SSSR count). The normalized spacial score (nSPS) is 11.3. The van der Waals surface area contributed by atoms with Crippen LogP contribution in [0.4, 0.5) is 5.69 Å². The maximum absolute atomic E-state index is 12.7. The van der Waals surface area contributed by atoms with E-state index in [9.17, 15) is 8.42 Å². The van der Waals surface area contributed by atoms with E-state index in [1.165, 1.54) is 16.4 Å².